The van der Waals surface area contributed by atoms with Gasteiger partial charge in [0.05, 0.1) is 19.2 Å². The summed E-state index contributed by atoms with van der Waals surface area (Å²) in [7, 11) is 0. The minimum absolute atomic E-state index is 0. The van der Waals surface area contributed by atoms with Gasteiger partial charge in [0.2, 0.25) is 0 Å². The molecule has 3 amide bonds. The zero-order valence-electron chi connectivity index (χ0n) is 13.9. The maximum absolute atomic E-state index is 13.2. The molecule has 1 unspecified atom stereocenters. The molecule has 25 heavy (non-hydrogen) atoms. The van der Waals surface area contributed by atoms with E-state index in [9.17, 15) is 23.9 Å². The molecule has 2 heterocycles. The second kappa shape index (κ2) is 7.74. The number of aliphatic carboxylic acids is 1. The van der Waals surface area contributed by atoms with Gasteiger partial charge in [-0.05, 0) is 31.3 Å². The van der Waals surface area contributed by atoms with Gasteiger partial charge in [-0.2, -0.15) is 5.06 Å². The Hall–Kier alpha value is -1.60. The molecule has 11 heteroatoms. The van der Waals surface area contributed by atoms with E-state index in [2.05, 4.69) is 10.3 Å². The van der Waals surface area contributed by atoms with E-state index in [1.54, 1.807) is 13.0 Å². The molecule has 0 spiro atoms. The molecule has 1 N–H and O–H groups in total. The SMILES string of the molecule is CC1=C[C@@H]2CN(C(=O)N2OC(F)C(=O)[O-])[C@@H]1C(=O)NOCC1CC1.[Li+]. The summed E-state index contributed by atoms with van der Waals surface area (Å²) in [5, 5.41) is 11.1. The molecular formula is C14H17FLiN3O6. The van der Waals surface area contributed by atoms with Crippen LogP contribution in [0.5, 0.6) is 0 Å². The van der Waals surface area contributed by atoms with Crippen molar-refractivity contribution in [1.82, 2.24) is 15.4 Å². The first-order chi connectivity index (χ1) is 11.4. The van der Waals surface area contributed by atoms with E-state index in [4.69, 9.17) is 4.84 Å². The molecule has 132 valence electrons. The first-order valence-corrected chi connectivity index (χ1v) is 7.60. The summed E-state index contributed by atoms with van der Waals surface area (Å²) < 4.78 is 13.2. The Morgan fingerprint density at radius 2 is 2.16 bits per heavy atom. The van der Waals surface area contributed by atoms with Crippen LogP contribution in [-0.4, -0.2) is 59.5 Å². The first kappa shape index (κ1) is 19.7. The zero-order chi connectivity index (χ0) is 17.4. The molecule has 1 aliphatic carbocycles. The number of carboxylic acids is 1. The van der Waals surface area contributed by atoms with E-state index in [0.717, 1.165) is 12.8 Å². The number of rotatable bonds is 7. The van der Waals surface area contributed by atoms with Gasteiger partial charge in [-0.25, -0.2) is 19.5 Å². The number of hydrogen-bond acceptors (Lipinski definition) is 6. The summed E-state index contributed by atoms with van der Waals surface area (Å²) in [6.45, 7) is 2.14. The van der Waals surface area contributed by atoms with Gasteiger partial charge in [0.1, 0.15) is 12.0 Å². The van der Waals surface area contributed by atoms with Gasteiger partial charge in [0.15, 0.2) is 0 Å². The van der Waals surface area contributed by atoms with Crippen molar-refractivity contribution in [2.75, 3.05) is 13.2 Å². The Morgan fingerprint density at radius 1 is 1.48 bits per heavy atom. The number of fused-ring (bicyclic) bond motifs is 2. The summed E-state index contributed by atoms with van der Waals surface area (Å²) in [6.07, 6.45) is 0.936. The van der Waals surface area contributed by atoms with E-state index < -0.39 is 36.3 Å². The second-order valence-corrected chi connectivity index (χ2v) is 6.10. The Morgan fingerprint density at radius 3 is 2.76 bits per heavy atom. The predicted molar refractivity (Wildman–Crippen MR) is 73.1 cm³/mol. The Balaban J connectivity index is 0.00000225. The molecule has 9 nitrogen and oxygen atoms in total. The van der Waals surface area contributed by atoms with Crippen molar-refractivity contribution in [2.24, 2.45) is 5.92 Å². The van der Waals surface area contributed by atoms with Crippen LogP contribution in [0.1, 0.15) is 19.8 Å². The van der Waals surface area contributed by atoms with Crippen molar-refractivity contribution in [3.8, 4) is 0 Å². The van der Waals surface area contributed by atoms with Gasteiger partial charge in [-0.1, -0.05) is 6.08 Å². The molecule has 1 saturated carbocycles. The average Bonchev–Trinajstić information content (AvgIpc) is 3.31. The molecule has 3 atom stereocenters. The number of hydroxylamine groups is 3. The molecule has 2 fully saturated rings. The van der Waals surface area contributed by atoms with Crippen LogP contribution in [0.3, 0.4) is 0 Å². The fourth-order valence-electron chi connectivity index (χ4n) is 2.78. The van der Waals surface area contributed by atoms with Crippen molar-refractivity contribution in [2.45, 2.75) is 38.2 Å². The van der Waals surface area contributed by atoms with Crippen molar-refractivity contribution in [3.05, 3.63) is 11.6 Å². The third-order valence-electron chi connectivity index (χ3n) is 4.15. The van der Waals surface area contributed by atoms with E-state index in [1.165, 1.54) is 4.90 Å². The van der Waals surface area contributed by atoms with Gasteiger partial charge in [-0.15, -0.1) is 0 Å². The first-order valence-electron chi connectivity index (χ1n) is 7.60. The van der Waals surface area contributed by atoms with Gasteiger partial charge in [0, 0.05) is 0 Å². The van der Waals surface area contributed by atoms with E-state index in [1.807, 2.05) is 0 Å². The molecule has 3 aliphatic rings. The molecule has 1 saturated heterocycles. The summed E-state index contributed by atoms with van der Waals surface area (Å²) in [5.74, 6) is -2.14. The van der Waals surface area contributed by atoms with E-state index in [0.29, 0.717) is 23.2 Å². The summed E-state index contributed by atoms with van der Waals surface area (Å²) >= 11 is 0. The molecule has 2 aliphatic heterocycles. The van der Waals surface area contributed by atoms with E-state index in [-0.39, 0.29) is 25.4 Å². The quantitative estimate of drug-likeness (QED) is 0.284. The Labute approximate surface area is 155 Å². The van der Waals surface area contributed by atoms with Crippen LogP contribution in [0.15, 0.2) is 11.6 Å². The minimum atomic E-state index is -2.77. The molecule has 2 bridgehead atoms. The molecule has 0 aromatic rings. The molecule has 0 aromatic carbocycles. The van der Waals surface area contributed by atoms with Crippen LogP contribution in [0.2, 0.25) is 0 Å². The van der Waals surface area contributed by atoms with Crippen molar-refractivity contribution in [1.29, 1.82) is 0 Å². The maximum atomic E-state index is 13.2. The predicted octanol–water partition coefficient (Wildman–Crippen LogP) is -4.14. The van der Waals surface area contributed by atoms with Gasteiger partial charge >= 0.3 is 24.9 Å². The van der Waals surface area contributed by atoms with Crippen LogP contribution >= 0.6 is 0 Å². The molecule has 0 aromatic heterocycles. The fourth-order valence-corrected chi connectivity index (χ4v) is 2.78. The number of carbonyl (C=O) groups excluding carboxylic acids is 3. The smallest absolute Gasteiger partial charge is 0.544 e. The Bertz CT molecular complexity index is 599. The van der Waals surface area contributed by atoms with Crippen molar-refractivity contribution >= 4 is 17.9 Å². The number of halogens is 1. The normalized spacial score (nSPS) is 26.0. The van der Waals surface area contributed by atoms with Crippen LogP contribution in [-0.2, 0) is 19.3 Å². The maximum Gasteiger partial charge on any atom is 1.00 e. The van der Waals surface area contributed by atoms with E-state index >= 15 is 0 Å². The number of carbonyl (C=O) groups is 3. The number of amides is 3. The topological polar surface area (TPSA) is 111 Å². The third kappa shape index (κ3) is 4.15. The summed E-state index contributed by atoms with van der Waals surface area (Å²) in [5.41, 5.74) is 2.88. The molecular weight excluding hydrogens is 332 g/mol. The standard InChI is InChI=1S/C14H18FN3O6.Li/c1-7-4-9-5-17(14(22)18(9)24-11(15)13(20)21)10(7)12(19)16-23-6-8-2-3-8;/h4,8-11H,2-3,5-6H2,1H3,(H,16,19)(H,20,21);/q;+1/p-1/t9-,10+,11?;/m1./s1. The van der Waals surface area contributed by atoms with Crippen molar-refractivity contribution in [3.63, 3.8) is 0 Å². The van der Waals surface area contributed by atoms with Gasteiger partial charge in [0.25, 0.3) is 12.3 Å². The zero-order valence-corrected chi connectivity index (χ0v) is 13.9. The summed E-state index contributed by atoms with van der Waals surface area (Å²) in [6, 6.07) is -2.38. The number of nitrogens with zero attached hydrogens (tertiary/aromatic N) is 2. The number of urea groups is 1. The number of carboxylic acid groups (broad SMARTS) is 1. The number of nitrogens with one attached hydrogen (secondary N) is 1. The van der Waals surface area contributed by atoms with Crippen LogP contribution in [0.25, 0.3) is 0 Å². The van der Waals surface area contributed by atoms with Crippen LogP contribution in [0.4, 0.5) is 9.18 Å². The average molecular weight is 349 g/mol. The van der Waals surface area contributed by atoms with Crippen LogP contribution in [0, 0.1) is 5.92 Å². The summed E-state index contributed by atoms with van der Waals surface area (Å²) in [4.78, 5) is 45.8. The fraction of sp³-hybridized carbons (Fsp3) is 0.643. The largest absolute Gasteiger partial charge is 1.00 e. The second-order valence-electron chi connectivity index (χ2n) is 6.10. The third-order valence-corrected chi connectivity index (χ3v) is 4.15. The van der Waals surface area contributed by atoms with Crippen molar-refractivity contribution < 1.29 is 52.4 Å². The van der Waals surface area contributed by atoms with Gasteiger partial charge < -0.3 is 14.8 Å². The monoisotopic (exact) mass is 349 g/mol. The Kier molecular flexibility index (Phi) is 6.11. The van der Waals surface area contributed by atoms with Gasteiger partial charge in [-0.3, -0.25) is 9.63 Å². The number of alkyl halides is 1. The van der Waals surface area contributed by atoms with Crippen LogP contribution < -0.4 is 29.4 Å². The molecule has 0 radical (unpaired) electrons. The molecule has 3 rings (SSSR count). The minimum Gasteiger partial charge on any atom is -0.544 e. The number of hydrogen-bond donors (Lipinski definition) is 1.